The number of carboxylic acids is 1. The van der Waals surface area contributed by atoms with Crippen molar-refractivity contribution in [3.8, 4) is 5.75 Å². The summed E-state index contributed by atoms with van der Waals surface area (Å²) in [6.45, 7) is 0. The molecule has 1 aliphatic carbocycles. The number of carbonyl (C=O) groups excluding carboxylic acids is 1. The maximum Gasteiger partial charge on any atom is 0.309 e. The summed E-state index contributed by atoms with van der Waals surface area (Å²) in [6, 6.07) is 8.23. The molecule has 184 valence electrons. The predicted octanol–water partition coefficient (Wildman–Crippen LogP) is 4.40. The van der Waals surface area contributed by atoms with E-state index in [1.807, 2.05) is 0 Å². The molecule has 1 fully saturated rings. The lowest BCUT2D eigenvalue weighted by molar-refractivity contribution is -0.136. The number of rotatable bonds is 9. The molecular weight excluding hydrogens is 526 g/mol. The molecule has 1 aromatic heterocycles. The Labute approximate surface area is 207 Å². The minimum absolute atomic E-state index is 0.00284. The molecule has 0 saturated heterocycles. The lowest BCUT2D eigenvalue weighted by atomic mass is 10.1. The van der Waals surface area contributed by atoms with E-state index in [9.17, 15) is 26.8 Å². The Hall–Kier alpha value is -3.09. The van der Waals surface area contributed by atoms with Crippen molar-refractivity contribution in [2.45, 2.75) is 35.5 Å². The van der Waals surface area contributed by atoms with Crippen LogP contribution in [0.4, 0.5) is 13.9 Å². The Morgan fingerprint density at radius 2 is 1.86 bits per heavy atom. The largest absolute Gasteiger partial charge is 0.481 e. The number of thiazole rings is 1. The van der Waals surface area contributed by atoms with E-state index in [0.29, 0.717) is 12.8 Å². The number of anilines is 1. The van der Waals surface area contributed by atoms with E-state index in [-0.39, 0.29) is 31.4 Å². The summed E-state index contributed by atoms with van der Waals surface area (Å²) in [5.41, 5.74) is 0.294. The SMILES string of the molecule is O=C(O)Cc1nc(NC(=O)C(Oc2ccc(F)c(F)c2)c2ccc(S(=O)(=O)C3CC3)cc2)sc1Cl. The molecule has 1 atom stereocenters. The Morgan fingerprint density at radius 1 is 1.17 bits per heavy atom. The van der Waals surface area contributed by atoms with Gasteiger partial charge in [-0.25, -0.2) is 22.2 Å². The van der Waals surface area contributed by atoms with E-state index in [0.717, 1.165) is 29.5 Å². The number of carboxylic acid groups (broad SMARTS) is 1. The highest BCUT2D eigenvalue weighted by molar-refractivity contribution is 7.92. The van der Waals surface area contributed by atoms with Gasteiger partial charge in [-0.2, -0.15) is 0 Å². The molecule has 0 bridgehead atoms. The summed E-state index contributed by atoms with van der Waals surface area (Å²) in [4.78, 5) is 28.1. The van der Waals surface area contributed by atoms with Crippen LogP contribution in [0.3, 0.4) is 0 Å². The molecule has 4 rings (SSSR count). The highest BCUT2D eigenvalue weighted by atomic mass is 35.5. The molecule has 13 heteroatoms. The van der Waals surface area contributed by atoms with Crippen LogP contribution >= 0.6 is 22.9 Å². The van der Waals surface area contributed by atoms with Crippen LogP contribution in [0.2, 0.25) is 4.34 Å². The Balaban J connectivity index is 1.62. The van der Waals surface area contributed by atoms with Gasteiger partial charge in [-0.15, -0.1) is 0 Å². The van der Waals surface area contributed by atoms with Gasteiger partial charge in [0.15, 0.2) is 26.6 Å². The van der Waals surface area contributed by atoms with Gasteiger partial charge in [0.2, 0.25) is 6.10 Å². The molecule has 0 aliphatic heterocycles. The molecule has 1 unspecified atom stereocenters. The molecule has 2 aromatic carbocycles. The van der Waals surface area contributed by atoms with E-state index in [4.69, 9.17) is 21.4 Å². The van der Waals surface area contributed by atoms with Crippen LogP contribution in [-0.2, 0) is 25.8 Å². The van der Waals surface area contributed by atoms with Gasteiger partial charge in [-0.05, 0) is 37.1 Å². The number of hydrogen-bond donors (Lipinski definition) is 2. The molecular formula is C22H17ClF2N2O6S2. The van der Waals surface area contributed by atoms with Gasteiger partial charge in [-0.3, -0.25) is 14.9 Å². The quantitative estimate of drug-likeness (QED) is 0.411. The van der Waals surface area contributed by atoms with Crippen LogP contribution in [0.5, 0.6) is 5.75 Å². The topological polar surface area (TPSA) is 123 Å². The predicted molar refractivity (Wildman–Crippen MR) is 123 cm³/mol. The number of sulfone groups is 1. The number of nitrogens with one attached hydrogen (secondary N) is 1. The van der Waals surface area contributed by atoms with Crippen molar-refractivity contribution < 1.29 is 36.6 Å². The third-order valence-electron chi connectivity index (χ3n) is 5.06. The number of benzene rings is 2. The zero-order valence-corrected chi connectivity index (χ0v) is 20.1. The molecule has 1 amide bonds. The molecule has 0 radical (unpaired) electrons. The second-order valence-electron chi connectivity index (χ2n) is 7.69. The van der Waals surface area contributed by atoms with Crippen molar-refractivity contribution in [2.75, 3.05) is 5.32 Å². The molecule has 1 aliphatic rings. The molecule has 8 nitrogen and oxygen atoms in total. The number of halogens is 3. The van der Waals surface area contributed by atoms with Gasteiger partial charge in [-0.1, -0.05) is 35.1 Å². The molecule has 0 spiro atoms. The van der Waals surface area contributed by atoms with Crippen LogP contribution in [0, 0.1) is 11.6 Å². The molecule has 35 heavy (non-hydrogen) atoms. The van der Waals surface area contributed by atoms with Crippen molar-refractivity contribution in [1.82, 2.24) is 4.98 Å². The minimum atomic E-state index is -3.46. The third-order valence-corrected chi connectivity index (χ3v) is 8.59. The fraction of sp³-hybridized carbons (Fsp3) is 0.227. The standard InChI is InChI=1S/C22H17ClF2N2O6S2/c23-20-17(10-18(28)29)26-22(34-20)27-21(30)19(33-12-3-8-15(24)16(25)9-12)11-1-4-13(5-2-11)35(31,32)14-6-7-14/h1-5,8-9,14,19H,6-7,10H2,(H,28,29)(H,26,27,30). The average molecular weight is 543 g/mol. The highest BCUT2D eigenvalue weighted by Crippen LogP contribution is 2.35. The Bertz CT molecular complexity index is 1390. The van der Waals surface area contributed by atoms with Gasteiger partial charge in [0.05, 0.1) is 22.3 Å². The normalized spacial score (nSPS) is 14.4. The lowest BCUT2D eigenvalue weighted by Crippen LogP contribution is -2.26. The smallest absolute Gasteiger partial charge is 0.309 e. The van der Waals surface area contributed by atoms with E-state index >= 15 is 0 Å². The zero-order valence-electron chi connectivity index (χ0n) is 17.7. The summed E-state index contributed by atoms with van der Waals surface area (Å²) < 4.78 is 57.7. The minimum Gasteiger partial charge on any atom is -0.481 e. The number of ether oxygens (including phenoxy) is 1. The highest BCUT2D eigenvalue weighted by Gasteiger charge is 2.37. The van der Waals surface area contributed by atoms with Crippen LogP contribution in [0.25, 0.3) is 0 Å². The van der Waals surface area contributed by atoms with Gasteiger partial charge < -0.3 is 9.84 Å². The van der Waals surface area contributed by atoms with Crippen LogP contribution in [0.15, 0.2) is 47.4 Å². The fourth-order valence-corrected chi connectivity index (χ4v) is 5.87. The van der Waals surface area contributed by atoms with E-state index in [2.05, 4.69) is 10.3 Å². The number of carbonyl (C=O) groups is 2. The number of aliphatic carboxylic acids is 1. The van der Waals surface area contributed by atoms with E-state index < -0.39 is 51.1 Å². The molecule has 3 aromatic rings. The number of amides is 1. The van der Waals surface area contributed by atoms with Crippen LogP contribution in [0.1, 0.15) is 30.2 Å². The maximum atomic E-state index is 13.7. The van der Waals surface area contributed by atoms with E-state index in [1.165, 1.54) is 24.3 Å². The van der Waals surface area contributed by atoms with Crippen molar-refractivity contribution in [2.24, 2.45) is 0 Å². The van der Waals surface area contributed by atoms with Crippen molar-refractivity contribution >= 4 is 49.8 Å². The summed E-state index contributed by atoms with van der Waals surface area (Å²) >= 11 is 6.84. The van der Waals surface area contributed by atoms with Crippen molar-refractivity contribution in [3.05, 3.63) is 69.7 Å². The summed E-state index contributed by atoms with van der Waals surface area (Å²) in [5, 5.41) is 11.0. The average Bonchev–Trinajstić information content (AvgIpc) is 3.60. The summed E-state index contributed by atoms with van der Waals surface area (Å²) in [7, 11) is -3.46. The van der Waals surface area contributed by atoms with Gasteiger partial charge in [0.1, 0.15) is 10.1 Å². The Kier molecular flexibility index (Phi) is 7.06. The first kappa shape index (κ1) is 25.0. The first-order valence-corrected chi connectivity index (χ1v) is 12.9. The number of aromatic nitrogens is 1. The molecule has 1 saturated carbocycles. The molecule has 1 heterocycles. The fourth-order valence-electron chi connectivity index (χ4n) is 3.17. The van der Waals surface area contributed by atoms with Gasteiger partial charge in [0, 0.05) is 11.6 Å². The van der Waals surface area contributed by atoms with Crippen LogP contribution in [-0.4, -0.2) is 35.6 Å². The van der Waals surface area contributed by atoms with Crippen LogP contribution < -0.4 is 10.1 Å². The summed E-state index contributed by atoms with van der Waals surface area (Å²) in [5.74, 6) is -4.37. The first-order chi connectivity index (χ1) is 16.5. The first-order valence-electron chi connectivity index (χ1n) is 10.2. The Morgan fingerprint density at radius 3 is 2.46 bits per heavy atom. The zero-order chi connectivity index (χ0) is 25.3. The third kappa shape index (κ3) is 5.77. The maximum absolute atomic E-state index is 13.7. The number of nitrogens with zero attached hydrogens (tertiary/aromatic N) is 1. The van der Waals surface area contributed by atoms with Crippen molar-refractivity contribution in [3.63, 3.8) is 0 Å². The monoisotopic (exact) mass is 542 g/mol. The lowest BCUT2D eigenvalue weighted by Gasteiger charge is -2.19. The second kappa shape index (κ2) is 9.88. The molecule has 2 N–H and O–H groups in total. The van der Waals surface area contributed by atoms with Crippen molar-refractivity contribution in [1.29, 1.82) is 0 Å². The second-order valence-corrected chi connectivity index (χ2v) is 11.5. The number of hydrogen-bond acceptors (Lipinski definition) is 7. The summed E-state index contributed by atoms with van der Waals surface area (Å²) in [6.07, 6.45) is -0.678. The van der Waals surface area contributed by atoms with E-state index in [1.54, 1.807) is 0 Å². The van der Waals surface area contributed by atoms with Gasteiger partial charge in [0.25, 0.3) is 5.91 Å². The van der Waals surface area contributed by atoms with Gasteiger partial charge >= 0.3 is 5.97 Å².